The van der Waals surface area contributed by atoms with Crippen molar-refractivity contribution in [3.8, 4) is 5.75 Å². The second kappa shape index (κ2) is 8.32. The Morgan fingerprint density at radius 1 is 1.18 bits per heavy atom. The maximum absolute atomic E-state index is 10.2. The maximum Gasteiger partial charge on any atom is 0.137 e. The van der Waals surface area contributed by atoms with Crippen LogP contribution in [0.2, 0.25) is 0 Å². The van der Waals surface area contributed by atoms with E-state index in [1.165, 1.54) is 0 Å². The summed E-state index contributed by atoms with van der Waals surface area (Å²) in [6.07, 6.45) is 1.37. The molecule has 0 aliphatic carbocycles. The molecule has 0 heterocycles. The molecule has 22 heavy (non-hydrogen) atoms. The lowest BCUT2D eigenvalue weighted by Gasteiger charge is -2.30. The third-order valence-electron chi connectivity index (χ3n) is 3.51. The Morgan fingerprint density at radius 3 is 2.59 bits per heavy atom. The zero-order valence-electron chi connectivity index (χ0n) is 13.2. The zero-order valence-corrected chi connectivity index (χ0v) is 14.8. The molecule has 2 rings (SSSR count). The molecule has 1 unspecified atom stereocenters. The van der Waals surface area contributed by atoms with Crippen molar-refractivity contribution in [2.24, 2.45) is 0 Å². The van der Waals surface area contributed by atoms with Gasteiger partial charge in [0.15, 0.2) is 0 Å². The van der Waals surface area contributed by atoms with Crippen molar-refractivity contribution in [3.63, 3.8) is 0 Å². The Bertz CT molecular complexity index is 608. The fraction of sp³-hybridized carbons (Fsp3) is 0.333. The van der Waals surface area contributed by atoms with Crippen LogP contribution in [-0.4, -0.2) is 49.5 Å². The molecule has 2 aromatic carbocycles. The van der Waals surface area contributed by atoms with Gasteiger partial charge in [0, 0.05) is 5.39 Å². The molecule has 0 amide bonds. The molecule has 0 fully saturated rings. The number of quaternary nitrogens is 1. The first-order valence-corrected chi connectivity index (χ1v) is 7.23. The van der Waals surface area contributed by atoms with Gasteiger partial charge in [0.1, 0.15) is 25.0 Å². The van der Waals surface area contributed by atoms with E-state index in [-0.39, 0.29) is 17.0 Å². The summed E-state index contributed by atoms with van der Waals surface area (Å²) in [6, 6.07) is 14.1. The van der Waals surface area contributed by atoms with Crippen molar-refractivity contribution in [1.82, 2.24) is 0 Å². The van der Waals surface area contributed by atoms with Crippen molar-refractivity contribution in [2.45, 2.75) is 6.10 Å². The van der Waals surface area contributed by atoms with Crippen molar-refractivity contribution in [2.75, 3.05) is 33.8 Å². The van der Waals surface area contributed by atoms with Crippen LogP contribution in [-0.2, 0) is 0 Å². The SMILES string of the molecule is C=CC[N+](C)(C)CC(O)COc1cccc2ccccc12.[Br-]. The fourth-order valence-electron chi connectivity index (χ4n) is 2.55. The summed E-state index contributed by atoms with van der Waals surface area (Å²) in [4.78, 5) is 0. The van der Waals surface area contributed by atoms with Crippen LogP contribution in [0, 0.1) is 0 Å². The number of ether oxygens (including phenoxy) is 1. The minimum absolute atomic E-state index is 0. The lowest BCUT2D eigenvalue weighted by molar-refractivity contribution is -0.887. The summed E-state index contributed by atoms with van der Waals surface area (Å²) in [5.41, 5.74) is 0. The van der Waals surface area contributed by atoms with Crippen molar-refractivity contribution in [3.05, 3.63) is 55.1 Å². The van der Waals surface area contributed by atoms with Crippen LogP contribution in [0.4, 0.5) is 0 Å². The molecule has 1 atom stereocenters. The molecule has 0 bridgehead atoms. The highest BCUT2D eigenvalue weighted by Crippen LogP contribution is 2.25. The molecule has 0 aliphatic rings. The van der Waals surface area contributed by atoms with Gasteiger partial charge in [-0.1, -0.05) is 43.0 Å². The largest absolute Gasteiger partial charge is 1.00 e. The third kappa shape index (κ3) is 5.13. The van der Waals surface area contributed by atoms with Crippen LogP contribution in [0.15, 0.2) is 55.1 Å². The van der Waals surface area contributed by atoms with Gasteiger partial charge in [-0.05, 0) is 17.5 Å². The summed E-state index contributed by atoms with van der Waals surface area (Å²) < 4.78 is 6.52. The normalized spacial score (nSPS) is 12.5. The lowest BCUT2D eigenvalue weighted by atomic mass is 10.1. The van der Waals surface area contributed by atoms with Gasteiger partial charge in [-0.3, -0.25) is 0 Å². The van der Waals surface area contributed by atoms with Crippen LogP contribution in [0.25, 0.3) is 10.8 Å². The number of halogens is 1. The minimum Gasteiger partial charge on any atom is -1.00 e. The van der Waals surface area contributed by atoms with E-state index < -0.39 is 6.10 Å². The molecule has 2 aromatic rings. The van der Waals surface area contributed by atoms with Gasteiger partial charge >= 0.3 is 0 Å². The maximum atomic E-state index is 10.2. The molecule has 120 valence electrons. The summed E-state index contributed by atoms with van der Waals surface area (Å²) in [5.74, 6) is 0.821. The molecule has 3 nitrogen and oxygen atoms in total. The third-order valence-corrected chi connectivity index (χ3v) is 3.51. The van der Waals surface area contributed by atoms with E-state index in [1.54, 1.807) is 0 Å². The number of nitrogens with zero attached hydrogens (tertiary/aromatic N) is 1. The van der Waals surface area contributed by atoms with Crippen LogP contribution in [0.3, 0.4) is 0 Å². The van der Waals surface area contributed by atoms with E-state index in [2.05, 4.69) is 32.8 Å². The predicted octanol–water partition coefficient (Wildman–Crippen LogP) is -0.154. The predicted molar refractivity (Wildman–Crippen MR) is 87.5 cm³/mol. The van der Waals surface area contributed by atoms with Crippen LogP contribution < -0.4 is 21.7 Å². The summed E-state index contributed by atoms with van der Waals surface area (Å²) in [7, 11) is 4.14. The Hall–Kier alpha value is -1.36. The van der Waals surface area contributed by atoms with Crippen LogP contribution in [0.5, 0.6) is 5.75 Å². The average Bonchev–Trinajstić information content (AvgIpc) is 2.44. The standard InChI is InChI=1S/C18H24NO2.BrH/c1-4-12-19(2,3)13-16(20)14-21-18-11-7-9-15-8-5-6-10-17(15)18;/h4-11,16,20H,1,12-14H2,2-3H3;1H/q+1;/p-1. The number of fused-ring (bicyclic) bond motifs is 1. The van der Waals surface area contributed by atoms with Gasteiger partial charge in [0.2, 0.25) is 0 Å². The smallest absolute Gasteiger partial charge is 0.137 e. The number of hydrogen-bond donors (Lipinski definition) is 1. The van der Waals surface area contributed by atoms with E-state index >= 15 is 0 Å². The highest BCUT2D eigenvalue weighted by Gasteiger charge is 2.19. The summed E-state index contributed by atoms with van der Waals surface area (Å²) in [5, 5.41) is 12.4. The topological polar surface area (TPSA) is 29.5 Å². The number of likely N-dealkylation sites (N-methyl/N-ethyl adjacent to an activating group) is 1. The second-order valence-electron chi connectivity index (χ2n) is 6.03. The Kier molecular flexibility index (Phi) is 7.07. The molecule has 0 radical (unpaired) electrons. The second-order valence-corrected chi connectivity index (χ2v) is 6.03. The molecular formula is C18H24BrNO2. The molecule has 0 saturated carbocycles. The number of benzene rings is 2. The van der Waals surface area contributed by atoms with Gasteiger partial charge in [-0.2, -0.15) is 0 Å². The molecule has 0 aromatic heterocycles. The van der Waals surface area contributed by atoms with Crippen LogP contribution in [0.1, 0.15) is 0 Å². The summed E-state index contributed by atoms with van der Waals surface area (Å²) >= 11 is 0. The van der Waals surface area contributed by atoms with Gasteiger partial charge in [-0.25, -0.2) is 0 Å². The van der Waals surface area contributed by atoms with E-state index in [0.717, 1.165) is 23.1 Å². The quantitative estimate of drug-likeness (QED) is 0.546. The monoisotopic (exact) mass is 365 g/mol. The Morgan fingerprint density at radius 2 is 1.86 bits per heavy atom. The van der Waals surface area contributed by atoms with Crippen molar-refractivity contribution >= 4 is 10.8 Å². The summed E-state index contributed by atoms with van der Waals surface area (Å²) in [6.45, 7) is 5.51. The molecule has 0 saturated heterocycles. The first-order chi connectivity index (χ1) is 10.0. The number of hydrogen-bond acceptors (Lipinski definition) is 2. The van der Waals surface area contributed by atoms with Gasteiger partial charge in [-0.15, -0.1) is 0 Å². The van der Waals surface area contributed by atoms with Crippen LogP contribution >= 0.6 is 0 Å². The average molecular weight is 366 g/mol. The van der Waals surface area contributed by atoms with Gasteiger partial charge in [0.25, 0.3) is 0 Å². The fourth-order valence-corrected chi connectivity index (χ4v) is 2.55. The molecule has 0 aliphatic heterocycles. The molecule has 4 heteroatoms. The van der Waals surface area contributed by atoms with Gasteiger partial charge in [0.05, 0.1) is 20.6 Å². The van der Waals surface area contributed by atoms with E-state index in [0.29, 0.717) is 17.6 Å². The van der Waals surface area contributed by atoms with Gasteiger partial charge < -0.3 is 31.3 Å². The number of rotatable bonds is 7. The lowest BCUT2D eigenvalue weighted by Crippen LogP contribution is -3.00. The highest BCUT2D eigenvalue weighted by molar-refractivity contribution is 5.88. The van der Waals surface area contributed by atoms with E-state index in [1.807, 2.05) is 36.4 Å². The first-order valence-electron chi connectivity index (χ1n) is 7.23. The van der Waals surface area contributed by atoms with E-state index in [9.17, 15) is 5.11 Å². The van der Waals surface area contributed by atoms with Crippen molar-refractivity contribution in [1.29, 1.82) is 0 Å². The number of aliphatic hydroxyl groups is 1. The minimum atomic E-state index is -0.501. The Labute approximate surface area is 143 Å². The molecule has 1 N–H and O–H groups in total. The zero-order chi connectivity index (χ0) is 15.3. The van der Waals surface area contributed by atoms with E-state index in [4.69, 9.17) is 4.74 Å². The first kappa shape index (κ1) is 18.7. The Balaban J connectivity index is 0.00000242. The molecule has 0 spiro atoms. The number of aliphatic hydroxyl groups excluding tert-OH is 1. The molecular weight excluding hydrogens is 342 g/mol. The van der Waals surface area contributed by atoms with Crippen molar-refractivity contribution < 1.29 is 31.3 Å². The highest BCUT2D eigenvalue weighted by atomic mass is 79.9.